The van der Waals surface area contributed by atoms with Crippen LogP contribution in [-0.2, 0) is 16.1 Å². The van der Waals surface area contributed by atoms with E-state index in [-0.39, 0.29) is 36.2 Å². The van der Waals surface area contributed by atoms with Crippen molar-refractivity contribution < 1.29 is 19.1 Å². The van der Waals surface area contributed by atoms with Crippen molar-refractivity contribution >= 4 is 41.5 Å². The van der Waals surface area contributed by atoms with E-state index in [4.69, 9.17) is 4.74 Å². The van der Waals surface area contributed by atoms with Crippen LogP contribution in [0.1, 0.15) is 47.7 Å². The standard InChI is InChI=1S/C28H27N3O4.ClH/c1-18(32)29-28(13-10-23-24(16-28)21-7-3-4-8-22(21)26(23)33)30-14-11-20(12-15-30)31-25-9-5-2-6-19(25)17-35-27(31)34;/h2-10,16,20H,11-15,17H2,1H3,(H,29,32);1H. The number of cyclic esters (lactones) is 1. The molecule has 186 valence electrons. The summed E-state index contributed by atoms with van der Waals surface area (Å²) in [4.78, 5) is 42.0. The summed E-state index contributed by atoms with van der Waals surface area (Å²) in [5.74, 6) is -0.0729. The number of nitrogens with one attached hydrogen (secondary N) is 1. The van der Waals surface area contributed by atoms with Gasteiger partial charge in [0.2, 0.25) is 5.91 Å². The Labute approximate surface area is 216 Å². The Hall–Kier alpha value is -3.42. The normalized spacial score (nSPS) is 23.4. The Morgan fingerprint density at radius 3 is 2.44 bits per heavy atom. The average molecular weight is 506 g/mol. The smallest absolute Gasteiger partial charge is 0.414 e. The number of likely N-dealkylation sites (tertiary alicyclic amines) is 1. The number of benzene rings is 2. The molecule has 0 aromatic heterocycles. The van der Waals surface area contributed by atoms with E-state index in [0.29, 0.717) is 31.7 Å². The average Bonchev–Trinajstić information content (AvgIpc) is 3.15. The molecule has 6 rings (SSSR count). The Balaban J connectivity index is 0.00000267. The fourth-order valence-corrected chi connectivity index (χ4v) is 5.98. The molecule has 1 N–H and O–H groups in total. The molecule has 2 aromatic carbocycles. The molecule has 36 heavy (non-hydrogen) atoms. The van der Waals surface area contributed by atoms with Crippen molar-refractivity contribution in [3.8, 4) is 0 Å². The highest BCUT2D eigenvalue weighted by atomic mass is 35.5. The Kier molecular flexibility index (Phi) is 6.22. The van der Waals surface area contributed by atoms with Gasteiger partial charge in [-0.25, -0.2) is 4.79 Å². The Morgan fingerprint density at radius 1 is 1.00 bits per heavy atom. The van der Waals surface area contributed by atoms with Crippen LogP contribution < -0.4 is 10.2 Å². The number of nitrogens with zero attached hydrogens (tertiary/aromatic N) is 2. The molecule has 0 saturated carbocycles. The second-order valence-electron chi connectivity index (χ2n) is 9.63. The highest BCUT2D eigenvalue weighted by Crippen LogP contribution is 2.43. The number of rotatable bonds is 3. The number of fused-ring (bicyclic) bond motifs is 4. The van der Waals surface area contributed by atoms with E-state index in [1.54, 1.807) is 4.90 Å². The molecule has 1 saturated heterocycles. The maximum Gasteiger partial charge on any atom is 0.414 e. The minimum Gasteiger partial charge on any atom is -0.444 e. The predicted molar refractivity (Wildman–Crippen MR) is 139 cm³/mol. The van der Waals surface area contributed by atoms with Crippen molar-refractivity contribution in [3.63, 3.8) is 0 Å². The maximum absolute atomic E-state index is 12.9. The third-order valence-corrected chi connectivity index (χ3v) is 7.58. The summed E-state index contributed by atoms with van der Waals surface area (Å²) >= 11 is 0. The van der Waals surface area contributed by atoms with E-state index in [0.717, 1.165) is 40.8 Å². The van der Waals surface area contributed by atoms with Gasteiger partial charge in [-0.3, -0.25) is 19.4 Å². The first-order chi connectivity index (χ1) is 17.0. The van der Waals surface area contributed by atoms with Crippen molar-refractivity contribution in [1.29, 1.82) is 0 Å². The molecule has 2 aliphatic heterocycles. The molecule has 1 fully saturated rings. The lowest BCUT2D eigenvalue weighted by atomic mass is 9.87. The summed E-state index contributed by atoms with van der Waals surface area (Å²) in [7, 11) is 0. The lowest BCUT2D eigenvalue weighted by Crippen LogP contribution is -2.63. The lowest BCUT2D eigenvalue weighted by Gasteiger charge is -2.48. The third kappa shape index (κ3) is 3.83. The Bertz CT molecular complexity index is 1310. The fraction of sp³-hybridized carbons (Fsp3) is 0.321. The molecule has 0 spiro atoms. The highest BCUT2D eigenvalue weighted by molar-refractivity contribution is 6.27. The van der Waals surface area contributed by atoms with Gasteiger partial charge in [0.05, 0.1) is 5.69 Å². The maximum atomic E-state index is 12.9. The predicted octanol–water partition coefficient (Wildman–Crippen LogP) is 4.47. The molecule has 1 unspecified atom stereocenters. The number of allylic oxidation sites excluding steroid dienone is 2. The van der Waals surface area contributed by atoms with Crippen LogP contribution in [0.4, 0.5) is 10.5 Å². The molecule has 1 atom stereocenters. The van der Waals surface area contributed by atoms with Crippen molar-refractivity contribution in [2.24, 2.45) is 0 Å². The van der Waals surface area contributed by atoms with Gasteiger partial charge in [0.15, 0.2) is 5.78 Å². The summed E-state index contributed by atoms with van der Waals surface area (Å²) in [6.45, 7) is 3.22. The van der Waals surface area contributed by atoms with Gasteiger partial charge < -0.3 is 10.1 Å². The van der Waals surface area contributed by atoms with Gasteiger partial charge in [-0.2, -0.15) is 0 Å². The number of halogens is 1. The molecular formula is C28H28ClN3O4. The van der Waals surface area contributed by atoms with Gasteiger partial charge in [0, 0.05) is 49.2 Å². The largest absolute Gasteiger partial charge is 0.444 e. The number of amides is 2. The zero-order valence-electron chi connectivity index (χ0n) is 20.0. The number of ketones is 1. The molecule has 4 aliphatic rings. The lowest BCUT2D eigenvalue weighted by molar-refractivity contribution is -0.122. The molecule has 7 nitrogen and oxygen atoms in total. The molecule has 2 aliphatic carbocycles. The second-order valence-corrected chi connectivity index (χ2v) is 9.63. The first kappa shape index (κ1) is 24.3. The van der Waals surface area contributed by atoms with Crippen LogP contribution in [0.25, 0.3) is 5.57 Å². The fourth-order valence-electron chi connectivity index (χ4n) is 5.98. The minimum absolute atomic E-state index is 0. The van der Waals surface area contributed by atoms with Crippen molar-refractivity contribution in [2.45, 2.75) is 44.5 Å². The number of hydrogen-bond acceptors (Lipinski definition) is 5. The molecule has 0 bridgehead atoms. The van der Waals surface area contributed by atoms with Crippen molar-refractivity contribution in [3.05, 3.63) is 82.9 Å². The van der Waals surface area contributed by atoms with E-state index in [9.17, 15) is 14.4 Å². The molecular weight excluding hydrogens is 478 g/mol. The van der Waals surface area contributed by atoms with Crippen LogP contribution >= 0.6 is 12.4 Å². The van der Waals surface area contributed by atoms with Crippen LogP contribution in [0.15, 0.2) is 66.3 Å². The zero-order chi connectivity index (χ0) is 24.2. The van der Waals surface area contributed by atoms with E-state index in [1.807, 2.05) is 54.6 Å². The van der Waals surface area contributed by atoms with E-state index < -0.39 is 5.66 Å². The number of carbonyl (C=O) groups is 3. The Morgan fingerprint density at radius 2 is 1.69 bits per heavy atom. The first-order valence-corrected chi connectivity index (χ1v) is 12.1. The monoisotopic (exact) mass is 505 g/mol. The number of anilines is 1. The number of piperidine rings is 1. The zero-order valence-corrected chi connectivity index (χ0v) is 20.8. The van der Waals surface area contributed by atoms with Crippen LogP contribution in [0.3, 0.4) is 0 Å². The summed E-state index contributed by atoms with van der Waals surface area (Å²) < 4.78 is 5.44. The van der Waals surface area contributed by atoms with Crippen LogP contribution in [0.5, 0.6) is 0 Å². The number of hydrogen-bond donors (Lipinski definition) is 1. The van der Waals surface area contributed by atoms with Gasteiger partial charge in [0.1, 0.15) is 12.3 Å². The molecule has 2 heterocycles. The van der Waals surface area contributed by atoms with Gasteiger partial charge in [-0.05, 0) is 36.1 Å². The highest BCUT2D eigenvalue weighted by Gasteiger charge is 2.44. The number of Topliss-reactive ketones (excluding diaryl/α,β-unsaturated/α-hetero) is 1. The number of carbonyl (C=O) groups excluding carboxylic acids is 3. The SMILES string of the molecule is CC(=O)NC1(N2CCC(N3C(=O)OCc4ccccc43)CC2)C=C2C(=CC1)C(=O)c1ccccc12.Cl. The number of para-hydroxylation sites is 1. The van der Waals surface area contributed by atoms with Gasteiger partial charge in [-0.1, -0.05) is 48.5 Å². The first-order valence-electron chi connectivity index (χ1n) is 12.1. The van der Waals surface area contributed by atoms with Crippen molar-refractivity contribution in [1.82, 2.24) is 10.2 Å². The van der Waals surface area contributed by atoms with Gasteiger partial charge in [0.25, 0.3) is 0 Å². The topological polar surface area (TPSA) is 79.0 Å². The summed E-state index contributed by atoms with van der Waals surface area (Å²) in [5.41, 5.74) is 4.46. The summed E-state index contributed by atoms with van der Waals surface area (Å²) in [6, 6.07) is 15.5. The molecule has 0 radical (unpaired) electrons. The summed E-state index contributed by atoms with van der Waals surface area (Å²) in [6.07, 6.45) is 5.76. The third-order valence-electron chi connectivity index (χ3n) is 7.58. The van der Waals surface area contributed by atoms with Crippen LogP contribution in [0, 0.1) is 0 Å². The van der Waals surface area contributed by atoms with Crippen molar-refractivity contribution in [2.75, 3.05) is 18.0 Å². The molecule has 2 aromatic rings. The minimum atomic E-state index is -0.715. The van der Waals surface area contributed by atoms with E-state index in [1.165, 1.54) is 6.92 Å². The van der Waals surface area contributed by atoms with Crippen LogP contribution in [0.2, 0.25) is 0 Å². The van der Waals surface area contributed by atoms with Crippen LogP contribution in [-0.4, -0.2) is 47.5 Å². The molecule has 2 amide bonds. The van der Waals surface area contributed by atoms with E-state index in [2.05, 4.69) is 16.3 Å². The molecule has 8 heteroatoms. The quantitative estimate of drug-likeness (QED) is 0.665. The summed E-state index contributed by atoms with van der Waals surface area (Å²) in [5, 5.41) is 3.19. The van der Waals surface area contributed by atoms with Gasteiger partial charge >= 0.3 is 6.09 Å². The second kappa shape index (κ2) is 9.22. The number of ether oxygens (including phenoxy) is 1. The van der Waals surface area contributed by atoms with E-state index >= 15 is 0 Å². The van der Waals surface area contributed by atoms with Gasteiger partial charge in [-0.15, -0.1) is 12.4 Å².